The van der Waals surface area contributed by atoms with E-state index in [0.29, 0.717) is 37.3 Å². The molecule has 0 spiro atoms. The molecule has 0 bridgehead atoms. The van der Waals surface area contributed by atoms with Crippen molar-refractivity contribution in [3.8, 4) is 5.69 Å². The maximum absolute atomic E-state index is 12.6. The molecule has 2 amide bonds. The number of imidazole rings is 1. The Morgan fingerprint density at radius 3 is 2.40 bits per heavy atom. The number of esters is 1. The Morgan fingerprint density at radius 2 is 1.69 bits per heavy atom. The van der Waals surface area contributed by atoms with Crippen LogP contribution in [0.5, 0.6) is 0 Å². The zero-order valence-electron chi connectivity index (χ0n) is 19.2. The van der Waals surface area contributed by atoms with Crippen molar-refractivity contribution in [2.24, 2.45) is 0 Å². The standard InChI is InChI=1S/C26H24N4O5/c1-18-27-21-16-19(9-10-22(21)30(18)20-6-3-2-4-7-20)26(33)35-17-24(31)28-11-13-29(14-12-28)25(32)23-8-5-15-34-23/h2-10,15-16H,11-14,17H2,1H3. The van der Waals surface area contributed by atoms with Gasteiger partial charge < -0.3 is 19.0 Å². The van der Waals surface area contributed by atoms with Crippen LogP contribution in [0.1, 0.15) is 26.7 Å². The lowest BCUT2D eigenvalue weighted by molar-refractivity contribution is -0.136. The Labute approximate surface area is 201 Å². The number of amides is 2. The number of para-hydroxylation sites is 1. The van der Waals surface area contributed by atoms with Gasteiger partial charge in [-0.15, -0.1) is 0 Å². The molecule has 0 aliphatic carbocycles. The second-order valence-corrected chi connectivity index (χ2v) is 8.26. The van der Waals surface area contributed by atoms with Gasteiger partial charge in [-0.1, -0.05) is 18.2 Å². The number of aryl methyl sites for hydroxylation is 1. The van der Waals surface area contributed by atoms with Crippen molar-refractivity contribution in [3.63, 3.8) is 0 Å². The molecule has 178 valence electrons. The molecule has 3 heterocycles. The zero-order chi connectivity index (χ0) is 24.4. The molecule has 1 saturated heterocycles. The van der Waals surface area contributed by atoms with Crippen molar-refractivity contribution >= 4 is 28.8 Å². The molecule has 0 atom stereocenters. The van der Waals surface area contributed by atoms with E-state index >= 15 is 0 Å². The molecule has 9 heteroatoms. The summed E-state index contributed by atoms with van der Waals surface area (Å²) in [6.45, 7) is 3.06. The number of nitrogens with zero attached hydrogens (tertiary/aromatic N) is 4. The fourth-order valence-corrected chi connectivity index (χ4v) is 4.25. The van der Waals surface area contributed by atoms with Crippen LogP contribution in [-0.2, 0) is 9.53 Å². The lowest BCUT2D eigenvalue weighted by Gasteiger charge is -2.34. The molecule has 1 aliphatic rings. The molecular weight excluding hydrogens is 448 g/mol. The van der Waals surface area contributed by atoms with Crippen molar-refractivity contribution in [3.05, 3.63) is 84.1 Å². The van der Waals surface area contributed by atoms with E-state index in [0.717, 1.165) is 17.0 Å². The Morgan fingerprint density at radius 1 is 0.943 bits per heavy atom. The highest BCUT2D eigenvalue weighted by Gasteiger charge is 2.26. The molecule has 0 radical (unpaired) electrons. The highest BCUT2D eigenvalue weighted by atomic mass is 16.5. The number of hydrogen-bond acceptors (Lipinski definition) is 6. The molecule has 9 nitrogen and oxygen atoms in total. The maximum Gasteiger partial charge on any atom is 0.338 e. The number of benzene rings is 2. The van der Waals surface area contributed by atoms with Crippen LogP contribution in [-0.4, -0.2) is 69.9 Å². The number of aromatic nitrogens is 2. The third-order valence-corrected chi connectivity index (χ3v) is 6.05. The fraction of sp³-hybridized carbons (Fsp3) is 0.231. The van der Waals surface area contributed by atoms with Crippen molar-refractivity contribution in [2.45, 2.75) is 6.92 Å². The summed E-state index contributed by atoms with van der Waals surface area (Å²) in [5.74, 6) is -0.00239. The molecule has 0 saturated carbocycles. The lowest BCUT2D eigenvalue weighted by atomic mass is 10.2. The summed E-state index contributed by atoms with van der Waals surface area (Å²) in [7, 11) is 0. The maximum atomic E-state index is 12.6. The zero-order valence-corrected chi connectivity index (χ0v) is 19.2. The van der Waals surface area contributed by atoms with E-state index in [-0.39, 0.29) is 24.2 Å². The smallest absolute Gasteiger partial charge is 0.338 e. The van der Waals surface area contributed by atoms with E-state index in [4.69, 9.17) is 9.15 Å². The van der Waals surface area contributed by atoms with E-state index < -0.39 is 5.97 Å². The first-order valence-corrected chi connectivity index (χ1v) is 11.3. The quantitative estimate of drug-likeness (QED) is 0.414. The summed E-state index contributed by atoms with van der Waals surface area (Å²) in [5, 5.41) is 0. The van der Waals surface area contributed by atoms with Gasteiger partial charge in [-0.25, -0.2) is 9.78 Å². The normalized spacial score (nSPS) is 13.7. The van der Waals surface area contributed by atoms with Gasteiger partial charge in [0.2, 0.25) is 0 Å². The molecule has 2 aromatic carbocycles. The van der Waals surface area contributed by atoms with Crippen LogP contribution in [0.2, 0.25) is 0 Å². The molecule has 2 aromatic heterocycles. The molecular formula is C26H24N4O5. The van der Waals surface area contributed by atoms with Crippen LogP contribution >= 0.6 is 0 Å². The number of carbonyl (C=O) groups excluding carboxylic acids is 3. The van der Waals surface area contributed by atoms with Gasteiger partial charge in [0.05, 0.1) is 22.9 Å². The molecule has 4 aromatic rings. The van der Waals surface area contributed by atoms with Gasteiger partial charge in [0.1, 0.15) is 5.82 Å². The molecule has 1 fully saturated rings. The predicted octanol–water partition coefficient (Wildman–Crippen LogP) is 3.07. The SMILES string of the molecule is Cc1nc2cc(C(=O)OCC(=O)N3CCN(C(=O)c4ccco4)CC3)ccc2n1-c1ccccc1. The Balaban J connectivity index is 1.18. The second kappa shape index (κ2) is 9.46. The molecule has 5 rings (SSSR count). The largest absolute Gasteiger partial charge is 0.459 e. The van der Waals surface area contributed by atoms with E-state index in [1.54, 1.807) is 34.1 Å². The predicted molar refractivity (Wildman–Crippen MR) is 127 cm³/mol. The summed E-state index contributed by atoms with van der Waals surface area (Å²) in [6.07, 6.45) is 1.45. The Hall–Kier alpha value is -4.40. The first-order valence-electron chi connectivity index (χ1n) is 11.3. The second-order valence-electron chi connectivity index (χ2n) is 8.26. The molecule has 0 unspecified atom stereocenters. The minimum absolute atomic E-state index is 0.200. The van der Waals surface area contributed by atoms with Crippen LogP contribution in [0.4, 0.5) is 0 Å². The lowest BCUT2D eigenvalue weighted by Crippen LogP contribution is -2.51. The van der Waals surface area contributed by atoms with E-state index in [1.165, 1.54) is 6.26 Å². The average molecular weight is 473 g/mol. The third-order valence-electron chi connectivity index (χ3n) is 6.05. The fourth-order valence-electron chi connectivity index (χ4n) is 4.25. The van der Waals surface area contributed by atoms with Gasteiger partial charge in [-0.3, -0.25) is 14.2 Å². The van der Waals surface area contributed by atoms with Crippen LogP contribution < -0.4 is 0 Å². The number of carbonyl (C=O) groups is 3. The Kier molecular flexibility index (Phi) is 6.05. The van der Waals surface area contributed by atoms with E-state index in [2.05, 4.69) is 4.98 Å². The van der Waals surface area contributed by atoms with Crippen LogP contribution in [0.25, 0.3) is 16.7 Å². The highest BCUT2D eigenvalue weighted by molar-refractivity contribution is 5.95. The summed E-state index contributed by atoms with van der Waals surface area (Å²) in [5.41, 5.74) is 2.86. The van der Waals surface area contributed by atoms with Crippen molar-refractivity contribution < 1.29 is 23.5 Å². The summed E-state index contributed by atoms with van der Waals surface area (Å²) in [4.78, 5) is 45.4. The van der Waals surface area contributed by atoms with Gasteiger partial charge >= 0.3 is 5.97 Å². The van der Waals surface area contributed by atoms with Crippen LogP contribution in [0.3, 0.4) is 0 Å². The third kappa shape index (κ3) is 4.52. The van der Waals surface area contributed by atoms with Gasteiger partial charge in [-0.05, 0) is 49.4 Å². The summed E-state index contributed by atoms with van der Waals surface area (Å²) in [6, 6.07) is 18.3. The number of rotatable bonds is 5. The summed E-state index contributed by atoms with van der Waals surface area (Å²) < 4.78 is 12.5. The number of fused-ring (bicyclic) bond motifs is 1. The van der Waals surface area contributed by atoms with Crippen molar-refractivity contribution in [2.75, 3.05) is 32.8 Å². The minimum atomic E-state index is -0.584. The number of hydrogen-bond donors (Lipinski definition) is 0. The van der Waals surface area contributed by atoms with E-state index in [9.17, 15) is 14.4 Å². The average Bonchev–Trinajstić information content (AvgIpc) is 3.54. The van der Waals surface area contributed by atoms with Crippen molar-refractivity contribution in [1.82, 2.24) is 19.4 Å². The van der Waals surface area contributed by atoms with E-state index in [1.807, 2.05) is 47.9 Å². The first kappa shape index (κ1) is 22.4. The number of ether oxygens (including phenoxy) is 1. The van der Waals surface area contributed by atoms with Gasteiger partial charge in [0, 0.05) is 31.9 Å². The highest BCUT2D eigenvalue weighted by Crippen LogP contribution is 2.22. The van der Waals surface area contributed by atoms with Gasteiger partial charge in [-0.2, -0.15) is 0 Å². The number of furan rings is 1. The number of piperazine rings is 1. The summed E-state index contributed by atoms with van der Waals surface area (Å²) >= 11 is 0. The van der Waals surface area contributed by atoms with Gasteiger partial charge in [0.15, 0.2) is 12.4 Å². The topological polar surface area (TPSA) is 97.9 Å². The van der Waals surface area contributed by atoms with Crippen molar-refractivity contribution in [1.29, 1.82) is 0 Å². The molecule has 0 N–H and O–H groups in total. The van der Waals surface area contributed by atoms with Gasteiger partial charge in [0.25, 0.3) is 11.8 Å². The monoisotopic (exact) mass is 472 g/mol. The first-order chi connectivity index (χ1) is 17.0. The van der Waals surface area contributed by atoms with Crippen LogP contribution in [0.15, 0.2) is 71.3 Å². The van der Waals surface area contributed by atoms with Crippen LogP contribution in [0, 0.1) is 6.92 Å². The molecule has 1 aliphatic heterocycles. The Bertz CT molecular complexity index is 1370. The minimum Gasteiger partial charge on any atom is -0.459 e. The molecule has 35 heavy (non-hydrogen) atoms.